The van der Waals surface area contributed by atoms with E-state index in [9.17, 15) is 14.0 Å². The van der Waals surface area contributed by atoms with Gasteiger partial charge in [-0.3, -0.25) is 9.59 Å². The molecule has 4 nitrogen and oxygen atoms in total. The van der Waals surface area contributed by atoms with Crippen molar-refractivity contribution < 1.29 is 18.7 Å². The lowest BCUT2D eigenvalue weighted by Gasteiger charge is -2.18. The molecule has 2 atom stereocenters. The monoisotopic (exact) mass is 389 g/mol. The number of anilines is 1. The molecule has 140 valence electrons. The fourth-order valence-electron chi connectivity index (χ4n) is 1.95. The molecule has 0 spiro atoms. The van der Waals surface area contributed by atoms with E-state index in [2.05, 4.69) is 5.32 Å². The van der Waals surface area contributed by atoms with Crippen LogP contribution in [0, 0.1) is 17.7 Å². The lowest BCUT2D eigenvalue weighted by atomic mass is 9.97. The molecule has 0 fully saturated rings. The predicted octanol–water partition coefficient (Wildman–Crippen LogP) is 5.14. The topological polar surface area (TPSA) is 55.4 Å². The third-order valence-corrected chi connectivity index (χ3v) is 5.71. The Balaban J connectivity index is 3.02. The quantitative estimate of drug-likeness (QED) is 0.493. The first-order valence-electron chi connectivity index (χ1n) is 8.34. The molecule has 0 bridgehead atoms. The molecule has 7 heteroatoms. The summed E-state index contributed by atoms with van der Waals surface area (Å²) < 4.78 is 19.2. The van der Waals surface area contributed by atoms with E-state index in [1.54, 1.807) is 13.8 Å². The number of rotatable bonds is 8. The summed E-state index contributed by atoms with van der Waals surface area (Å²) >= 11 is 7.31. The Hall–Kier alpha value is -1.27. The Morgan fingerprint density at radius 3 is 2.44 bits per heavy atom. The standard InChI is InChI=1S/C18H25ClFNO3S/c1-6-15(18(23)24-7-2)25-16-9-14(13(20)8-12(16)19)21-17(22)11(5)10(3)4/h8-11,15H,6-7H2,1-5H3,(H,21,22). The molecule has 0 saturated heterocycles. The van der Waals surface area contributed by atoms with Crippen molar-refractivity contribution in [3.63, 3.8) is 0 Å². The largest absolute Gasteiger partial charge is 0.465 e. The van der Waals surface area contributed by atoms with Crippen molar-refractivity contribution in [3.05, 3.63) is 23.0 Å². The zero-order valence-corrected chi connectivity index (χ0v) is 16.8. The van der Waals surface area contributed by atoms with Crippen molar-refractivity contribution >= 4 is 40.9 Å². The second-order valence-electron chi connectivity index (χ2n) is 6.05. The minimum Gasteiger partial charge on any atom is -0.465 e. The van der Waals surface area contributed by atoms with Gasteiger partial charge in [0.1, 0.15) is 11.1 Å². The molecule has 1 N–H and O–H groups in total. The molecule has 1 aromatic carbocycles. The van der Waals surface area contributed by atoms with E-state index >= 15 is 0 Å². The molecule has 1 aromatic rings. The molecule has 0 aliphatic carbocycles. The maximum Gasteiger partial charge on any atom is 0.319 e. The van der Waals surface area contributed by atoms with Gasteiger partial charge < -0.3 is 10.1 Å². The molecule has 0 radical (unpaired) electrons. The van der Waals surface area contributed by atoms with Crippen LogP contribution in [0.25, 0.3) is 0 Å². The summed E-state index contributed by atoms with van der Waals surface area (Å²) in [5.41, 5.74) is 0.0584. The van der Waals surface area contributed by atoms with Crippen LogP contribution in [-0.4, -0.2) is 23.7 Å². The minimum absolute atomic E-state index is 0.0584. The highest BCUT2D eigenvalue weighted by Gasteiger charge is 2.23. The van der Waals surface area contributed by atoms with Gasteiger partial charge in [0.25, 0.3) is 0 Å². The fraction of sp³-hybridized carbons (Fsp3) is 0.556. The Morgan fingerprint density at radius 1 is 1.28 bits per heavy atom. The van der Waals surface area contributed by atoms with Crippen molar-refractivity contribution in [1.29, 1.82) is 0 Å². The highest BCUT2D eigenvalue weighted by Crippen LogP contribution is 2.36. The number of halogens is 2. The maximum atomic E-state index is 14.2. The van der Waals surface area contributed by atoms with Crippen molar-refractivity contribution in [2.75, 3.05) is 11.9 Å². The Labute approximate surface area is 157 Å². The van der Waals surface area contributed by atoms with Crippen LogP contribution in [0.1, 0.15) is 41.0 Å². The number of hydrogen-bond donors (Lipinski definition) is 1. The molecule has 0 aliphatic heterocycles. The summed E-state index contributed by atoms with van der Waals surface area (Å²) in [7, 11) is 0. The van der Waals surface area contributed by atoms with E-state index in [0.717, 1.165) is 6.07 Å². The SMILES string of the molecule is CCOC(=O)C(CC)Sc1cc(NC(=O)C(C)C(C)C)c(F)cc1Cl. The van der Waals surface area contributed by atoms with Crippen LogP contribution in [0.5, 0.6) is 0 Å². The maximum absolute atomic E-state index is 14.2. The van der Waals surface area contributed by atoms with Gasteiger partial charge >= 0.3 is 5.97 Å². The molecule has 1 amide bonds. The van der Waals surface area contributed by atoms with Gasteiger partial charge in [0, 0.05) is 10.8 Å². The number of carbonyl (C=O) groups is 2. The second kappa shape index (κ2) is 10.0. The lowest BCUT2D eigenvalue weighted by molar-refractivity contribution is -0.142. The number of ether oxygens (including phenoxy) is 1. The Bertz CT molecular complexity index is 625. The van der Waals surface area contributed by atoms with E-state index < -0.39 is 11.1 Å². The van der Waals surface area contributed by atoms with E-state index in [4.69, 9.17) is 16.3 Å². The zero-order chi connectivity index (χ0) is 19.1. The third kappa shape index (κ3) is 6.19. The minimum atomic E-state index is -0.608. The number of hydrogen-bond acceptors (Lipinski definition) is 4. The van der Waals surface area contributed by atoms with Crippen LogP contribution in [0.2, 0.25) is 5.02 Å². The molecule has 25 heavy (non-hydrogen) atoms. The van der Waals surface area contributed by atoms with Crippen molar-refractivity contribution in [1.82, 2.24) is 0 Å². The van der Waals surface area contributed by atoms with Crippen LogP contribution in [0.15, 0.2) is 17.0 Å². The summed E-state index contributed by atoms with van der Waals surface area (Å²) in [4.78, 5) is 24.7. The first kappa shape index (κ1) is 21.8. The molecule has 0 saturated carbocycles. The Morgan fingerprint density at radius 2 is 1.92 bits per heavy atom. The van der Waals surface area contributed by atoms with Gasteiger partial charge in [-0.2, -0.15) is 0 Å². The summed E-state index contributed by atoms with van der Waals surface area (Å²) in [6, 6.07) is 2.62. The van der Waals surface area contributed by atoms with Gasteiger partial charge in [-0.1, -0.05) is 39.3 Å². The molecular formula is C18H25ClFNO3S. The number of nitrogens with one attached hydrogen (secondary N) is 1. The first-order chi connectivity index (χ1) is 11.7. The number of esters is 1. The summed E-state index contributed by atoms with van der Waals surface area (Å²) in [5, 5.41) is 2.35. The zero-order valence-electron chi connectivity index (χ0n) is 15.2. The first-order valence-corrected chi connectivity index (χ1v) is 9.60. The number of amides is 1. The van der Waals surface area contributed by atoms with Gasteiger partial charge in [0.05, 0.1) is 17.3 Å². The van der Waals surface area contributed by atoms with Crippen molar-refractivity contribution in [2.45, 2.75) is 51.2 Å². The summed E-state index contributed by atoms with van der Waals surface area (Å²) in [6.45, 7) is 9.53. The van der Waals surface area contributed by atoms with Crippen molar-refractivity contribution in [2.24, 2.45) is 11.8 Å². The van der Waals surface area contributed by atoms with Crippen LogP contribution >= 0.6 is 23.4 Å². The average molecular weight is 390 g/mol. The molecular weight excluding hydrogens is 365 g/mol. The lowest BCUT2D eigenvalue weighted by Crippen LogP contribution is -2.25. The van der Waals surface area contributed by atoms with Crippen LogP contribution < -0.4 is 5.32 Å². The van der Waals surface area contributed by atoms with Gasteiger partial charge in [0.15, 0.2) is 0 Å². The number of thioether (sulfide) groups is 1. The van der Waals surface area contributed by atoms with E-state index in [-0.39, 0.29) is 34.4 Å². The molecule has 2 unspecified atom stereocenters. The van der Waals surface area contributed by atoms with Crippen LogP contribution in [0.4, 0.5) is 10.1 Å². The highest BCUT2D eigenvalue weighted by atomic mass is 35.5. The molecule has 0 aliphatic rings. The summed E-state index contributed by atoms with van der Waals surface area (Å²) in [5.74, 6) is -1.33. The summed E-state index contributed by atoms with van der Waals surface area (Å²) in [6.07, 6.45) is 0.545. The average Bonchev–Trinajstić information content (AvgIpc) is 2.55. The van der Waals surface area contributed by atoms with Crippen LogP contribution in [-0.2, 0) is 14.3 Å². The normalized spacial score (nSPS) is 13.4. The second-order valence-corrected chi connectivity index (χ2v) is 7.70. The van der Waals surface area contributed by atoms with E-state index in [1.807, 2.05) is 20.8 Å². The Kier molecular flexibility index (Phi) is 8.73. The molecule has 1 rings (SSSR count). The van der Waals surface area contributed by atoms with Crippen LogP contribution in [0.3, 0.4) is 0 Å². The van der Waals surface area contributed by atoms with Gasteiger partial charge in [0.2, 0.25) is 5.91 Å². The number of carbonyl (C=O) groups excluding carboxylic acids is 2. The van der Waals surface area contributed by atoms with Gasteiger partial charge in [-0.05, 0) is 31.4 Å². The number of benzene rings is 1. The third-order valence-electron chi connectivity index (χ3n) is 3.88. The van der Waals surface area contributed by atoms with Gasteiger partial charge in [-0.25, -0.2) is 4.39 Å². The highest BCUT2D eigenvalue weighted by molar-refractivity contribution is 8.00. The predicted molar refractivity (Wildman–Crippen MR) is 101 cm³/mol. The van der Waals surface area contributed by atoms with E-state index in [0.29, 0.717) is 17.9 Å². The fourth-order valence-corrected chi connectivity index (χ4v) is 3.23. The van der Waals surface area contributed by atoms with E-state index in [1.165, 1.54) is 17.8 Å². The smallest absolute Gasteiger partial charge is 0.319 e. The molecule has 0 aromatic heterocycles. The van der Waals surface area contributed by atoms with Crippen molar-refractivity contribution in [3.8, 4) is 0 Å². The van der Waals surface area contributed by atoms with Gasteiger partial charge in [-0.15, -0.1) is 11.8 Å². The molecule has 0 heterocycles.